The van der Waals surface area contributed by atoms with Gasteiger partial charge in [0.2, 0.25) is 0 Å². The normalized spacial score (nSPS) is 16.4. The van der Waals surface area contributed by atoms with Crippen LogP contribution in [0.1, 0.15) is 0 Å². The monoisotopic (exact) mass is 416 g/mol. The fourth-order valence-corrected chi connectivity index (χ4v) is 1.27. The minimum atomic E-state index is -7.92. The van der Waals surface area contributed by atoms with Crippen LogP contribution in [0, 0.1) is 0 Å². The van der Waals surface area contributed by atoms with Crippen molar-refractivity contribution in [3.8, 4) is 0 Å². The molecule has 1 N–H and O–H groups in total. The molecule has 4 nitrogen and oxygen atoms in total. The molecule has 146 valence electrons. The standard InChI is InChI=1S/C6HF13O4S/c7-1(2(8,9)10,3(11,12)13)4(14,15)23-5(16,17)6(18,19)24(20,21)22/h(H,20,21,22). The molecule has 0 amide bonds. The van der Waals surface area contributed by atoms with Crippen LogP contribution >= 0.6 is 0 Å². The third kappa shape index (κ3) is 3.35. The van der Waals surface area contributed by atoms with E-state index in [1.165, 1.54) is 4.74 Å². The minimum absolute atomic E-state index is 1.26. The maximum absolute atomic E-state index is 12.9. The average molecular weight is 416 g/mol. The lowest BCUT2D eigenvalue weighted by molar-refractivity contribution is -0.499. The van der Waals surface area contributed by atoms with E-state index in [4.69, 9.17) is 4.55 Å². The smallest absolute Gasteiger partial charge is 0.281 e. The van der Waals surface area contributed by atoms with Gasteiger partial charge in [0.05, 0.1) is 0 Å². The summed E-state index contributed by atoms with van der Waals surface area (Å²) in [5.74, 6) is 0. The summed E-state index contributed by atoms with van der Waals surface area (Å²) in [6.45, 7) is 0. The predicted octanol–water partition coefficient (Wildman–Crippen LogP) is 3.50. The van der Waals surface area contributed by atoms with Gasteiger partial charge in [0, 0.05) is 0 Å². The molecule has 0 saturated heterocycles. The Kier molecular flexibility index (Phi) is 5.24. The fourth-order valence-electron chi connectivity index (χ4n) is 0.932. The quantitative estimate of drug-likeness (QED) is 0.551. The van der Waals surface area contributed by atoms with Crippen molar-refractivity contribution >= 4 is 10.1 Å². The first-order chi connectivity index (χ1) is 9.96. The third-order valence-corrected chi connectivity index (χ3v) is 2.99. The van der Waals surface area contributed by atoms with Crippen molar-refractivity contribution in [3.05, 3.63) is 0 Å². The van der Waals surface area contributed by atoms with Crippen LogP contribution in [0.15, 0.2) is 0 Å². The molecule has 24 heavy (non-hydrogen) atoms. The summed E-state index contributed by atoms with van der Waals surface area (Å²) >= 11 is 0. The molecule has 0 spiro atoms. The molecule has 0 aliphatic heterocycles. The number of alkyl halides is 13. The van der Waals surface area contributed by atoms with Crippen molar-refractivity contribution in [3.63, 3.8) is 0 Å². The van der Waals surface area contributed by atoms with Gasteiger partial charge in [0.15, 0.2) is 0 Å². The van der Waals surface area contributed by atoms with Crippen LogP contribution in [0.25, 0.3) is 0 Å². The second kappa shape index (κ2) is 5.48. The topological polar surface area (TPSA) is 63.6 Å². The highest BCUT2D eigenvalue weighted by molar-refractivity contribution is 7.86. The van der Waals surface area contributed by atoms with Gasteiger partial charge in [-0.25, -0.2) is 9.13 Å². The third-order valence-electron chi connectivity index (χ3n) is 2.10. The molecule has 0 aromatic carbocycles. The molecule has 0 aromatic rings. The van der Waals surface area contributed by atoms with E-state index < -0.39 is 45.6 Å². The van der Waals surface area contributed by atoms with Crippen molar-refractivity contribution < 1.29 is 74.8 Å². The predicted molar refractivity (Wildman–Crippen MR) is 43.4 cm³/mol. The highest BCUT2D eigenvalue weighted by Gasteiger charge is 2.88. The van der Waals surface area contributed by atoms with Crippen LogP contribution in [0.4, 0.5) is 57.1 Å². The van der Waals surface area contributed by atoms with Crippen molar-refractivity contribution in [1.29, 1.82) is 0 Å². The van der Waals surface area contributed by atoms with Gasteiger partial charge in [0.1, 0.15) is 0 Å². The Balaban J connectivity index is 6.27. The minimum Gasteiger partial charge on any atom is -0.281 e. The molecule has 0 aliphatic rings. The van der Waals surface area contributed by atoms with Crippen LogP contribution < -0.4 is 0 Å². The van der Waals surface area contributed by atoms with Crippen molar-refractivity contribution in [2.45, 2.75) is 35.5 Å². The molecule has 0 radical (unpaired) electrons. The zero-order chi connectivity index (χ0) is 20.2. The number of rotatable bonds is 5. The summed E-state index contributed by atoms with van der Waals surface area (Å²) in [7, 11) is -7.38. The first kappa shape index (κ1) is 23.0. The van der Waals surface area contributed by atoms with Gasteiger partial charge in [-0.15, -0.1) is 0 Å². The van der Waals surface area contributed by atoms with E-state index in [0.717, 1.165) is 0 Å². The Morgan fingerprint density at radius 3 is 1.12 bits per heavy atom. The summed E-state index contributed by atoms with van der Waals surface area (Å²) in [6.07, 6.45) is -30.6. The first-order valence-corrected chi connectivity index (χ1v) is 6.03. The van der Waals surface area contributed by atoms with Gasteiger partial charge in [-0.05, 0) is 0 Å². The zero-order valence-corrected chi connectivity index (χ0v) is 10.8. The number of hydrogen-bond donors (Lipinski definition) is 1. The average Bonchev–Trinajstić information content (AvgIpc) is 2.20. The molecule has 0 unspecified atom stereocenters. The molecular weight excluding hydrogens is 415 g/mol. The van der Waals surface area contributed by atoms with E-state index in [1.54, 1.807) is 0 Å². The molecule has 0 rings (SSSR count). The summed E-state index contributed by atoms with van der Waals surface area (Å²) < 4.78 is 189. The van der Waals surface area contributed by atoms with Crippen LogP contribution in [0.5, 0.6) is 0 Å². The summed E-state index contributed by atoms with van der Waals surface area (Å²) in [5, 5.41) is -7.15. The van der Waals surface area contributed by atoms with Gasteiger partial charge in [-0.3, -0.25) is 4.55 Å². The number of hydrogen-bond acceptors (Lipinski definition) is 3. The van der Waals surface area contributed by atoms with Gasteiger partial charge in [-0.2, -0.15) is 61.1 Å². The van der Waals surface area contributed by atoms with Crippen LogP contribution in [0.2, 0.25) is 0 Å². The van der Waals surface area contributed by atoms with Gasteiger partial charge < -0.3 is 0 Å². The van der Waals surface area contributed by atoms with Gasteiger partial charge >= 0.3 is 45.6 Å². The molecule has 0 heterocycles. The van der Waals surface area contributed by atoms with E-state index >= 15 is 0 Å². The molecule has 0 saturated carbocycles. The SMILES string of the molecule is O=S(=O)(O)C(F)(F)C(F)(F)OC(F)(F)C(F)(C(F)(F)F)C(F)(F)F. The Labute approximate surface area is 121 Å². The highest BCUT2D eigenvalue weighted by Crippen LogP contribution is 2.57. The second-order valence-electron chi connectivity index (χ2n) is 3.78. The van der Waals surface area contributed by atoms with Crippen LogP contribution in [0.3, 0.4) is 0 Å². The molecule has 18 heteroatoms. The van der Waals surface area contributed by atoms with E-state index in [0.29, 0.717) is 0 Å². The van der Waals surface area contributed by atoms with E-state index in [2.05, 4.69) is 0 Å². The zero-order valence-electron chi connectivity index (χ0n) is 9.99. The largest absolute Gasteiger partial charge is 0.460 e. The van der Waals surface area contributed by atoms with Crippen molar-refractivity contribution in [1.82, 2.24) is 0 Å². The molecule has 0 atom stereocenters. The number of ether oxygens (including phenoxy) is 1. The maximum Gasteiger partial charge on any atom is 0.460 e. The van der Waals surface area contributed by atoms with Crippen LogP contribution in [-0.2, 0) is 14.9 Å². The highest BCUT2D eigenvalue weighted by atomic mass is 32.2. The molecule has 0 bridgehead atoms. The Hall–Kier alpha value is -1.04. The molecule has 0 fully saturated rings. The van der Waals surface area contributed by atoms with Crippen molar-refractivity contribution in [2.24, 2.45) is 0 Å². The van der Waals surface area contributed by atoms with E-state index in [-0.39, 0.29) is 0 Å². The molecule has 0 aliphatic carbocycles. The first-order valence-electron chi connectivity index (χ1n) is 4.59. The number of halogens is 13. The lowest BCUT2D eigenvalue weighted by atomic mass is 10.0. The molecule has 0 aromatic heterocycles. The Morgan fingerprint density at radius 1 is 0.625 bits per heavy atom. The van der Waals surface area contributed by atoms with Crippen molar-refractivity contribution in [2.75, 3.05) is 0 Å². The summed E-state index contributed by atoms with van der Waals surface area (Å²) in [6, 6.07) is 0. The lowest BCUT2D eigenvalue weighted by Crippen LogP contribution is -2.68. The van der Waals surface area contributed by atoms with Crippen LogP contribution in [-0.4, -0.2) is 48.5 Å². The Bertz CT molecular complexity index is 558. The second-order valence-corrected chi connectivity index (χ2v) is 5.24. The molecular formula is C6HF13O4S. The summed E-state index contributed by atoms with van der Waals surface area (Å²) in [5.41, 5.74) is -7.92. The van der Waals surface area contributed by atoms with Gasteiger partial charge in [0.25, 0.3) is 0 Å². The van der Waals surface area contributed by atoms with E-state index in [9.17, 15) is 65.5 Å². The summed E-state index contributed by atoms with van der Waals surface area (Å²) in [4.78, 5) is 0. The lowest BCUT2D eigenvalue weighted by Gasteiger charge is -2.37. The van der Waals surface area contributed by atoms with E-state index in [1.807, 2.05) is 0 Å². The maximum atomic E-state index is 12.9. The Morgan fingerprint density at radius 2 is 0.917 bits per heavy atom. The fraction of sp³-hybridized carbons (Fsp3) is 1.00. The van der Waals surface area contributed by atoms with Gasteiger partial charge in [-0.1, -0.05) is 0 Å².